The number of benzene rings is 3. The molecule has 5 nitrogen and oxygen atoms in total. The summed E-state index contributed by atoms with van der Waals surface area (Å²) < 4.78 is 66.7. The van der Waals surface area contributed by atoms with E-state index in [9.17, 15) is 26.4 Å². The second kappa shape index (κ2) is 8.75. The fraction of sp³-hybridized carbons (Fsp3) is 0.174. The predicted octanol–water partition coefficient (Wildman–Crippen LogP) is 5.59. The number of carbonyl (C=O) groups is 1. The molecule has 0 aliphatic carbocycles. The van der Waals surface area contributed by atoms with E-state index in [0.29, 0.717) is 16.9 Å². The SMILES string of the molecule is Cc1ccc(S(=O)(=O)Nc2cccc(C3SCC(=O)N3c3ccc(C(F)(F)F)cc3)c2)cc1. The first-order valence-electron chi connectivity index (χ1n) is 9.85. The van der Waals surface area contributed by atoms with Crippen LogP contribution < -0.4 is 9.62 Å². The van der Waals surface area contributed by atoms with Crippen LogP contribution in [0.15, 0.2) is 77.7 Å². The Kier molecular flexibility index (Phi) is 6.15. The third-order valence-corrected chi connectivity index (χ3v) is 7.71. The summed E-state index contributed by atoms with van der Waals surface area (Å²) in [4.78, 5) is 14.1. The molecular formula is C23H19F3N2O3S2. The lowest BCUT2D eigenvalue weighted by Gasteiger charge is -2.25. The number of nitrogens with zero attached hydrogens (tertiary/aromatic N) is 1. The fourth-order valence-electron chi connectivity index (χ4n) is 3.45. The summed E-state index contributed by atoms with van der Waals surface area (Å²) in [6.45, 7) is 1.86. The van der Waals surface area contributed by atoms with Gasteiger partial charge in [-0.15, -0.1) is 11.8 Å². The topological polar surface area (TPSA) is 66.5 Å². The number of halogens is 3. The molecule has 3 aromatic carbocycles. The van der Waals surface area contributed by atoms with Crippen LogP contribution in [0.25, 0.3) is 0 Å². The highest BCUT2D eigenvalue weighted by atomic mass is 32.2. The van der Waals surface area contributed by atoms with E-state index in [2.05, 4.69) is 4.72 Å². The van der Waals surface area contributed by atoms with Crippen molar-refractivity contribution < 1.29 is 26.4 Å². The Morgan fingerprint density at radius 1 is 1.00 bits per heavy atom. The van der Waals surface area contributed by atoms with Gasteiger partial charge in [-0.25, -0.2) is 8.42 Å². The quantitative estimate of drug-likeness (QED) is 0.504. The van der Waals surface area contributed by atoms with Crippen molar-refractivity contribution in [3.63, 3.8) is 0 Å². The first-order chi connectivity index (χ1) is 15.5. The molecule has 1 heterocycles. The molecule has 0 aromatic heterocycles. The maximum atomic E-state index is 12.9. The number of hydrogen-bond donors (Lipinski definition) is 1. The molecule has 1 N–H and O–H groups in total. The van der Waals surface area contributed by atoms with Gasteiger partial charge in [0.05, 0.1) is 16.2 Å². The van der Waals surface area contributed by atoms with E-state index in [-0.39, 0.29) is 16.6 Å². The summed E-state index contributed by atoms with van der Waals surface area (Å²) in [6.07, 6.45) is -4.47. The van der Waals surface area contributed by atoms with E-state index in [4.69, 9.17) is 0 Å². The van der Waals surface area contributed by atoms with E-state index in [1.165, 1.54) is 40.9 Å². The number of aryl methyl sites for hydroxylation is 1. The van der Waals surface area contributed by atoms with E-state index < -0.39 is 27.1 Å². The Morgan fingerprint density at radius 2 is 1.67 bits per heavy atom. The van der Waals surface area contributed by atoms with Crippen molar-refractivity contribution in [2.75, 3.05) is 15.4 Å². The monoisotopic (exact) mass is 492 g/mol. The van der Waals surface area contributed by atoms with Crippen molar-refractivity contribution >= 4 is 39.1 Å². The van der Waals surface area contributed by atoms with Crippen LogP contribution in [-0.4, -0.2) is 20.1 Å². The van der Waals surface area contributed by atoms with Crippen LogP contribution in [0.3, 0.4) is 0 Å². The molecule has 0 bridgehead atoms. The molecule has 0 spiro atoms. The minimum atomic E-state index is -4.47. The molecule has 1 aliphatic heterocycles. The highest BCUT2D eigenvalue weighted by molar-refractivity contribution is 8.00. The van der Waals surface area contributed by atoms with Crippen LogP contribution >= 0.6 is 11.8 Å². The van der Waals surface area contributed by atoms with Gasteiger partial charge >= 0.3 is 6.18 Å². The van der Waals surface area contributed by atoms with Gasteiger partial charge in [0.25, 0.3) is 10.0 Å². The molecule has 0 radical (unpaired) electrons. The average Bonchev–Trinajstić information content (AvgIpc) is 3.15. The summed E-state index contributed by atoms with van der Waals surface area (Å²) in [5, 5.41) is -0.502. The van der Waals surface area contributed by atoms with Gasteiger partial charge in [0.2, 0.25) is 5.91 Å². The zero-order chi connectivity index (χ0) is 23.8. The third-order valence-electron chi connectivity index (χ3n) is 5.10. The number of alkyl halides is 3. The standard InChI is InChI=1S/C23H19F3N2O3S2/c1-15-5-11-20(12-6-15)33(30,31)27-18-4-2-3-16(13-18)22-28(21(29)14-32-22)19-9-7-17(8-10-19)23(24,25)26/h2-13,22,27H,14H2,1H3. The van der Waals surface area contributed by atoms with Gasteiger partial charge in [0.15, 0.2) is 0 Å². The molecule has 10 heteroatoms. The number of anilines is 2. The number of nitrogens with one attached hydrogen (secondary N) is 1. The van der Waals surface area contributed by atoms with Gasteiger partial charge in [-0.2, -0.15) is 13.2 Å². The molecule has 1 aliphatic rings. The zero-order valence-corrected chi connectivity index (χ0v) is 19.0. The lowest BCUT2D eigenvalue weighted by atomic mass is 10.1. The average molecular weight is 493 g/mol. The summed E-state index contributed by atoms with van der Waals surface area (Å²) in [6, 6.07) is 17.5. The molecule has 33 heavy (non-hydrogen) atoms. The second-order valence-corrected chi connectivity index (χ2v) is 10.3. The lowest BCUT2D eigenvalue weighted by molar-refractivity contribution is -0.137. The van der Waals surface area contributed by atoms with Crippen molar-refractivity contribution in [2.45, 2.75) is 23.4 Å². The number of rotatable bonds is 5. The van der Waals surface area contributed by atoms with Crippen molar-refractivity contribution in [1.82, 2.24) is 0 Å². The molecule has 1 atom stereocenters. The highest BCUT2D eigenvalue weighted by Gasteiger charge is 2.35. The van der Waals surface area contributed by atoms with Crippen molar-refractivity contribution in [3.8, 4) is 0 Å². The molecule has 1 saturated heterocycles. The Morgan fingerprint density at radius 3 is 2.30 bits per heavy atom. The minimum Gasteiger partial charge on any atom is -0.295 e. The fourth-order valence-corrected chi connectivity index (χ4v) is 5.66. The van der Waals surface area contributed by atoms with Gasteiger partial charge in [0, 0.05) is 11.4 Å². The van der Waals surface area contributed by atoms with Crippen molar-refractivity contribution in [3.05, 3.63) is 89.5 Å². The maximum Gasteiger partial charge on any atom is 0.416 e. The van der Waals surface area contributed by atoms with Crippen molar-refractivity contribution in [2.24, 2.45) is 0 Å². The Balaban J connectivity index is 1.60. The van der Waals surface area contributed by atoms with E-state index >= 15 is 0 Å². The Labute approximate surface area is 193 Å². The highest BCUT2D eigenvalue weighted by Crippen LogP contribution is 2.43. The van der Waals surface area contributed by atoms with Gasteiger partial charge in [-0.05, 0) is 61.0 Å². The van der Waals surface area contributed by atoms with E-state index in [1.807, 2.05) is 6.92 Å². The second-order valence-electron chi connectivity index (χ2n) is 7.52. The van der Waals surface area contributed by atoms with Crippen LogP contribution in [0.2, 0.25) is 0 Å². The van der Waals surface area contributed by atoms with Crippen LogP contribution in [-0.2, 0) is 21.0 Å². The van der Waals surface area contributed by atoms with Crippen LogP contribution in [0.5, 0.6) is 0 Å². The number of carbonyl (C=O) groups excluding carboxylic acids is 1. The first-order valence-corrected chi connectivity index (χ1v) is 12.4. The Hall–Kier alpha value is -2.98. The van der Waals surface area contributed by atoms with Crippen LogP contribution in [0.1, 0.15) is 22.1 Å². The zero-order valence-electron chi connectivity index (χ0n) is 17.3. The Bertz CT molecular complexity index is 1280. The molecule has 4 rings (SSSR count). The first kappa shape index (κ1) is 23.2. The molecule has 1 fully saturated rings. The van der Waals surface area contributed by atoms with Crippen LogP contribution in [0, 0.1) is 6.92 Å². The summed E-state index contributed by atoms with van der Waals surface area (Å²) in [7, 11) is -3.81. The normalized spacial score (nSPS) is 16.8. The predicted molar refractivity (Wildman–Crippen MR) is 123 cm³/mol. The van der Waals surface area contributed by atoms with Crippen molar-refractivity contribution in [1.29, 1.82) is 0 Å². The smallest absolute Gasteiger partial charge is 0.295 e. The van der Waals surface area contributed by atoms with Crippen LogP contribution in [0.4, 0.5) is 24.5 Å². The number of sulfonamides is 1. The number of thioether (sulfide) groups is 1. The number of amides is 1. The minimum absolute atomic E-state index is 0.121. The maximum absolute atomic E-state index is 12.9. The van der Waals surface area contributed by atoms with Gasteiger partial charge < -0.3 is 0 Å². The van der Waals surface area contributed by atoms with Gasteiger partial charge in [-0.1, -0.05) is 29.8 Å². The number of hydrogen-bond acceptors (Lipinski definition) is 4. The molecule has 0 saturated carbocycles. The van der Waals surface area contributed by atoms with Gasteiger partial charge in [-0.3, -0.25) is 14.4 Å². The lowest BCUT2D eigenvalue weighted by Crippen LogP contribution is -2.28. The molecule has 172 valence electrons. The molecule has 1 amide bonds. The molecule has 1 unspecified atom stereocenters. The van der Waals surface area contributed by atoms with E-state index in [0.717, 1.165) is 17.7 Å². The summed E-state index contributed by atoms with van der Waals surface area (Å²) in [5.74, 6) is -0.0826. The van der Waals surface area contributed by atoms with Gasteiger partial charge in [0.1, 0.15) is 5.37 Å². The van der Waals surface area contributed by atoms with E-state index in [1.54, 1.807) is 36.4 Å². The largest absolute Gasteiger partial charge is 0.416 e. The summed E-state index contributed by atoms with van der Waals surface area (Å²) in [5.41, 5.74) is 1.45. The molecular weight excluding hydrogens is 473 g/mol. The summed E-state index contributed by atoms with van der Waals surface area (Å²) >= 11 is 1.32. The molecule has 3 aromatic rings. The third kappa shape index (κ3) is 5.01.